The molecule has 0 radical (unpaired) electrons. The molecule has 2 heteroatoms. The van der Waals surface area contributed by atoms with E-state index in [2.05, 4.69) is 6.07 Å². The van der Waals surface area contributed by atoms with E-state index < -0.39 is 0 Å². The Hall–Kier alpha value is -1.31. The van der Waals surface area contributed by atoms with Gasteiger partial charge in [-0.15, -0.1) is 0 Å². The van der Waals surface area contributed by atoms with E-state index in [9.17, 15) is 4.79 Å². The van der Waals surface area contributed by atoms with Gasteiger partial charge < -0.3 is 4.74 Å². The average Bonchev–Trinajstić information content (AvgIpc) is 2.61. The van der Waals surface area contributed by atoms with Gasteiger partial charge in [0.25, 0.3) is 0 Å². The highest BCUT2D eigenvalue weighted by molar-refractivity contribution is 6.01. The van der Waals surface area contributed by atoms with E-state index in [4.69, 9.17) is 4.74 Å². The van der Waals surface area contributed by atoms with E-state index in [0.29, 0.717) is 5.78 Å². The summed E-state index contributed by atoms with van der Waals surface area (Å²) in [5.41, 5.74) is 2.01. The van der Waals surface area contributed by atoms with Gasteiger partial charge in [-0.05, 0) is 24.5 Å². The Morgan fingerprint density at radius 2 is 2.20 bits per heavy atom. The van der Waals surface area contributed by atoms with Gasteiger partial charge in [0.2, 0.25) is 0 Å². The monoisotopic (exact) mass is 202 g/mol. The van der Waals surface area contributed by atoms with Crippen LogP contribution in [-0.2, 0) is 6.42 Å². The highest BCUT2D eigenvalue weighted by Crippen LogP contribution is 2.36. The summed E-state index contributed by atoms with van der Waals surface area (Å²) in [7, 11) is 0. The number of hydrogen-bond acceptors (Lipinski definition) is 2. The Bertz CT molecular complexity index is 405. The minimum Gasteiger partial charge on any atom is -0.492 e. The number of hydrogen-bond donors (Lipinski definition) is 0. The van der Waals surface area contributed by atoms with Crippen molar-refractivity contribution >= 4 is 5.78 Å². The summed E-state index contributed by atoms with van der Waals surface area (Å²) in [5, 5.41) is 0. The average molecular weight is 202 g/mol. The summed E-state index contributed by atoms with van der Waals surface area (Å²) in [5.74, 6) is 1.41. The smallest absolute Gasteiger partial charge is 0.169 e. The zero-order valence-corrected chi connectivity index (χ0v) is 8.66. The Morgan fingerprint density at radius 3 is 2.93 bits per heavy atom. The molecule has 1 aliphatic heterocycles. The van der Waals surface area contributed by atoms with Crippen molar-refractivity contribution in [2.24, 2.45) is 5.92 Å². The lowest BCUT2D eigenvalue weighted by atomic mass is 9.79. The van der Waals surface area contributed by atoms with E-state index in [1.165, 1.54) is 12.0 Å². The second-order valence-electron chi connectivity index (χ2n) is 4.38. The molecule has 15 heavy (non-hydrogen) atoms. The molecule has 0 spiro atoms. The van der Waals surface area contributed by atoms with Gasteiger partial charge >= 0.3 is 0 Å². The summed E-state index contributed by atoms with van der Waals surface area (Å²) in [6, 6.07) is 5.93. The topological polar surface area (TPSA) is 26.3 Å². The largest absolute Gasteiger partial charge is 0.492 e. The SMILES string of the molecule is O=C(c1cccc2c1OCC2)C1CCC1. The van der Waals surface area contributed by atoms with Crippen molar-refractivity contribution in [3.63, 3.8) is 0 Å². The van der Waals surface area contributed by atoms with E-state index in [1.54, 1.807) is 0 Å². The van der Waals surface area contributed by atoms with Gasteiger partial charge in [0.15, 0.2) is 5.78 Å². The zero-order chi connectivity index (χ0) is 10.3. The quantitative estimate of drug-likeness (QED) is 0.689. The predicted octanol–water partition coefficient (Wildman–Crippen LogP) is 2.60. The molecule has 1 aliphatic carbocycles. The molecule has 78 valence electrons. The molecule has 0 unspecified atom stereocenters. The van der Waals surface area contributed by atoms with Crippen LogP contribution in [0, 0.1) is 5.92 Å². The van der Waals surface area contributed by atoms with Crippen LogP contribution in [-0.4, -0.2) is 12.4 Å². The molecule has 2 aliphatic rings. The Kier molecular flexibility index (Phi) is 2.01. The number of ketones is 1. The fraction of sp³-hybridized carbons (Fsp3) is 0.462. The molecule has 1 aromatic rings. The van der Waals surface area contributed by atoms with Crippen molar-refractivity contribution in [3.05, 3.63) is 29.3 Å². The van der Waals surface area contributed by atoms with E-state index in [-0.39, 0.29) is 5.92 Å². The fourth-order valence-electron chi connectivity index (χ4n) is 2.30. The van der Waals surface area contributed by atoms with Crippen molar-refractivity contribution in [3.8, 4) is 5.75 Å². The molecule has 0 amide bonds. The van der Waals surface area contributed by atoms with Crippen LogP contribution >= 0.6 is 0 Å². The molecule has 0 N–H and O–H groups in total. The number of carbonyl (C=O) groups is 1. The molecule has 1 aromatic carbocycles. The van der Waals surface area contributed by atoms with Crippen LogP contribution < -0.4 is 4.74 Å². The molecule has 0 aromatic heterocycles. The minimum atomic E-state index is 0.265. The summed E-state index contributed by atoms with van der Waals surface area (Å²) < 4.78 is 5.55. The maximum atomic E-state index is 12.1. The number of benzene rings is 1. The van der Waals surface area contributed by atoms with Crippen molar-refractivity contribution in [1.82, 2.24) is 0 Å². The summed E-state index contributed by atoms with van der Waals surface area (Å²) in [6.07, 6.45) is 4.26. The Balaban J connectivity index is 1.97. The van der Waals surface area contributed by atoms with Gasteiger partial charge in [-0.3, -0.25) is 4.79 Å². The van der Waals surface area contributed by atoms with Crippen LogP contribution in [0.5, 0.6) is 5.75 Å². The first-order valence-corrected chi connectivity index (χ1v) is 5.65. The van der Waals surface area contributed by atoms with Crippen molar-refractivity contribution in [2.45, 2.75) is 25.7 Å². The third-order valence-corrected chi connectivity index (χ3v) is 3.46. The number of rotatable bonds is 2. The standard InChI is InChI=1S/C13H14O2/c14-12(9-3-1-4-9)11-6-2-5-10-7-8-15-13(10)11/h2,5-6,9H,1,3-4,7-8H2. The molecule has 1 heterocycles. The van der Waals surface area contributed by atoms with Crippen LogP contribution in [0.25, 0.3) is 0 Å². The van der Waals surface area contributed by atoms with E-state index in [1.807, 2.05) is 12.1 Å². The molecule has 1 fully saturated rings. The fourth-order valence-corrected chi connectivity index (χ4v) is 2.30. The molecular weight excluding hydrogens is 188 g/mol. The normalized spacial score (nSPS) is 19.2. The number of carbonyl (C=O) groups excluding carboxylic acids is 1. The lowest BCUT2D eigenvalue weighted by Crippen LogP contribution is -2.22. The van der Waals surface area contributed by atoms with Crippen LogP contribution in [0.2, 0.25) is 0 Å². The predicted molar refractivity (Wildman–Crippen MR) is 57.3 cm³/mol. The van der Waals surface area contributed by atoms with Crippen molar-refractivity contribution in [1.29, 1.82) is 0 Å². The molecule has 0 atom stereocenters. The van der Waals surface area contributed by atoms with E-state index >= 15 is 0 Å². The third kappa shape index (κ3) is 1.36. The van der Waals surface area contributed by atoms with Crippen LogP contribution in [0.1, 0.15) is 35.2 Å². The van der Waals surface area contributed by atoms with Crippen molar-refractivity contribution in [2.75, 3.05) is 6.61 Å². The number of ether oxygens (including phenoxy) is 1. The van der Waals surface area contributed by atoms with Gasteiger partial charge in [-0.25, -0.2) is 0 Å². The summed E-state index contributed by atoms with van der Waals surface area (Å²) in [4.78, 5) is 12.1. The highest BCUT2D eigenvalue weighted by Gasteiger charge is 2.29. The first-order valence-electron chi connectivity index (χ1n) is 5.65. The van der Waals surface area contributed by atoms with Gasteiger partial charge in [0.05, 0.1) is 12.2 Å². The van der Waals surface area contributed by atoms with Gasteiger partial charge in [-0.2, -0.15) is 0 Å². The summed E-state index contributed by atoms with van der Waals surface area (Å²) >= 11 is 0. The van der Waals surface area contributed by atoms with Crippen LogP contribution in [0.3, 0.4) is 0 Å². The Labute approximate surface area is 89.2 Å². The molecule has 1 saturated carbocycles. The van der Waals surface area contributed by atoms with Gasteiger partial charge in [0.1, 0.15) is 5.75 Å². The maximum absolute atomic E-state index is 12.1. The number of para-hydroxylation sites is 1. The first kappa shape index (κ1) is 8.96. The van der Waals surface area contributed by atoms with Gasteiger partial charge in [-0.1, -0.05) is 18.6 Å². The molecule has 2 nitrogen and oxygen atoms in total. The molecular formula is C13H14O2. The lowest BCUT2D eigenvalue weighted by molar-refractivity contribution is 0.0852. The van der Waals surface area contributed by atoms with Crippen LogP contribution in [0.4, 0.5) is 0 Å². The first-order chi connectivity index (χ1) is 7.36. The molecule has 3 rings (SSSR count). The van der Waals surface area contributed by atoms with Gasteiger partial charge in [0, 0.05) is 12.3 Å². The molecule has 0 saturated heterocycles. The Morgan fingerprint density at radius 1 is 1.33 bits per heavy atom. The zero-order valence-electron chi connectivity index (χ0n) is 8.66. The second-order valence-corrected chi connectivity index (χ2v) is 4.38. The van der Waals surface area contributed by atoms with Crippen LogP contribution in [0.15, 0.2) is 18.2 Å². The second kappa shape index (κ2) is 3.37. The lowest BCUT2D eigenvalue weighted by Gasteiger charge is -2.24. The van der Waals surface area contributed by atoms with Crippen molar-refractivity contribution < 1.29 is 9.53 Å². The highest BCUT2D eigenvalue weighted by atomic mass is 16.5. The number of Topliss-reactive ketones (excluding diaryl/α,β-unsaturated/α-hetero) is 1. The molecule has 0 bridgehead atoms. The minimum absolute atomic E-state index is 0.265. The third-order valence-electron chi connectivity index (χ3n) is 3.46. The summed E-state index contributed by atoms with van der Waals surface area (Å²) in [6.45, 7) is 0.726. The number of fused-ring (bicyclic) bond motifs is 1. The maximum Gasteiger partial charge on any atom is 0.169 e. The van der Waals surface area contributed by atoms with E-state index in [0.717, 1.165) is 37.2 Å².